The van der Waals surface area contributed by atoms with Gasteiger partial charge in [0.15, 0.2) is 5.79 Å². The predicted molar refractivity (Wildman–Crippen MR) is 75.8 cm³/mol. The van der Waals surface area contributed by atoms with E-state index >= 15 is 0 Å². The third-order valence-electron chi connectivity index (χ3n) is 5.21. The van der Waals surface area contributed by atoms with E-state index in [2.05, 4.69) is 17.5 Å². The van der Waals surface area contributed by atoms with Crippen LogP contribution in [0.5, 0.6) is 0 Å². The molecular formula is C16H23NO3. The molecule has 2 fully saturated rings. The van der Waals surface area contributed by atoms with Crippen molar-refractivity contribution in [2.45, 2.75) is 63.4 Å². The van der Waals surface area contributed by atoms with Gasteiger partial charge in [-0.3, -0.25) is 4.79 Å². The lowest BCUT2D eigenvalue weighted by molar-refractivity contribution is -0.399. The largest absolute Gasteiger partial charge is 0.363 e. The molecule has 2 N–H and O–H groups in total. The van der Waals surface area contributed by atoms with Gasteiger partial charge in [-0.05, 0) is 51.2 Å². The summed E-state index contributed by atoms with van der Waals surface area (Å²) in [6.07, 6.45) is 10.2. The second-order valence-corrected chi connectivity index (χ2v) is 6.46. The average Bonchev–Trinajstić information content (AvgIpc) is 2.56. The molecule has 0 aromatic carbocycles. The Hall–Kier alpha value is -1.13. The number of aliphatic hydroxyl groups is 1. The van der Waals surface area contributed by atoms with Crippen molar-refractivity contribution in [2.75, 3.05) is 0 Å². The molecule has 1 aliphatic carbocycles. The van der Waals surface area contributed by atoms with Crippen molar-refractivity contribution >= 4 is 5.91 Å². The van der Waals surface area contributed by atoms with Crippen molar-refractivity contribution in [2.24, 2.45) is 5.92 Å². The van der Waals surface area contributed by atoms with E-state index in [9.17, 15) is 9.90 Å². The van der Waals surface area contributed by atoms with Crippen LogP contribution in [-0.4, -0.2) is 27.9 Å². The van der Waals surface area contributed by atoms with Gasteiger partial charge in [0.2, 0.25) is 5.91 Å². The first-order chi connectivity index (χ1) is 9.36. The molecule has 4 unspecified atom stereocenters. The van der Waals surface area contributed by atoms with Gasteiger partial charge in [0, 0.05) is 0 Å². The molecule has 20 heavy (non-hydrogen) atoms. The monoisotopic (exact) mass is 277 g/mol. The van der Waals surface area contributed by atoms with Crippen molar-refractivity contribution in [1.29, 1.82) is 0 Å². The minimum Gasteiger partial charge on any atom is -0.363 e. The number of hydrogen-bond acceptors (Lipinski definition) is 3. The fraction of sp³-hybridized carbons (Fsp3) is 0.688. The van der Waals surface area contributed by atoms with Crippen LogP contribution in [-0.2, 0) is 9.53 Å². The van der Waals surface area contributed by atoms with E-state index in [4.69, 9.17) is 4.74 Å². The zero-order valence-electron chi connectivity index (χ0n) is 12.4. The smallest absolute Gasteiger partial charge is 0.227 e. The number of amides is 1. The molecule has 0 saturated carbocycles. The number of ether oxygens (including phenoxy) is 1. The van der Waals surface area contributed by atoms with E-state index in [0.29, 0.717) is 6.42 Å². The molecule has 110 valence electrons. The summed E-state index contributed by atoms with van der Waals surface area (Å²) in [5.74, 6) is -1.59. The Morgan fingerprint density at radius 1 is 1.55 bits per heavy atom. The molecule has 2 saturated heterocycles. The summed E-state index contributed by atoms with van der Waals surface area (Å²) in [6.45, 7) is 5.55. The van der Waals surface area contributed by atoms with Crippen LogP contribution in [0.2, 0.25) is 0 Å². The minimum atomic E-state index is -1.35. The summed E-state index contributed by atoms with van der Waals surface area (Å²) in [5, 5.41) is 13.6. The topological polar surface area (TPSA) is 58.6 Å². The molecule has 3 aliphatic rings. The Balaban J connectivity index is 2.05. The van der Waals surface area contributed by atoms with Gasteiger partial charge in [-0.2, -0.15) is 0 Å². The van der Waals surface area contributed by atoms with Gasteiger partial charge < -0.3 is 15.2 Å². The lowest BCUT2D eigenvalue weighted by Crippen LogP contribution is -2.81. The van der Waals surface area contributed by atoms with Gasteiger partial charge in [0.05, 0.1) is 5.92 Å². The van der Waals surface area contributed by atoms with Crippen LogP contribution in [0.3, 0.4) is 0 Å². The first kappa shape index (κ1) is 13.8. The number of fused-ring (bicyclic) bond motifs is 1. The quantitative estimate of drug-likeness (QED) is 0.812. The van der Waals surface area contributed by atoms with Gasteiger partial charge in [0.25, 0.3) is 0 Å². The van der Waals surface area contributed by atoms with E-state index in [-0.39, 0.29) is 11.8 Å². The molecule has 0 aromatic rings. The number of carbonyl (C=O) groups excluding carboxylic acids is 1. The standard InChI is InChI=1S/C16H23NO3/c1-4-12-13(18)17-16(10-11-8-6-5-7-9-11)14(12,2)20-15(16,3)19/h6,8,10,12,19H,4-5,7,9H2,1-3H3,(H,17,18)/b11-10+. The third-order valence-corrected chi connectivity index (χ3v) is 5.21. The molecule has 0 bridgehead atoms. The number of hydrogen-bond donors (Lipinski definition) is 2. The first-order valence-corrected chi connectivity index (χ1v) is 7.49. The van der Waals surface area contributed by atoms with Gasteiger partial charge in [-0.1, -0.05) is 19.1 Å². The maximum Gasteiger partial charge on any atom is 0.227 e. The Morgan fingerprint density at radius 2 is 2.30 bits per heavy atom. The molecule has 2 aliphatic heterocycles. The highest BCUT2D eigenvalue weighted by molar-refractivity contribution is 5.86. The van der Waals surface area contributed by atoms with E-state index in [1.807, 2.05) is 19.9 Å². The zero-order valence-corrected chi connectivity index (χ0v) is 12.4. The molecule has 0 radical (unpaired) electrons. The van der Waals surface area contributed by atoms with E-state index in [0.717, 1.165) is 19.3 Å². The highest BCUT2D eigenvalue weighted by Gasteiger charge is 2.78. The van der Waals surface area contributed by atoms with Crippen molar-refractivity contribution in [1.82, 2.24) is 5.32 Å². The van der Waals surface area contributed by atoms with Crippen LogP contribution in [0.15, 0.2) is 23.8 Å². The fourth-order valence-corrected chi connectivity index (χ4v) is 4.13. The number of allylic oxidation sites excluding steroid dienone is 3. The van der Waals surface area contributed by atoms with Gasteiger partial charge in [-0.15, -0.1) is 0 Å². The lowest BCUT2D eigenvalue weighted by Gasteiger charge is -2.62. The molecule has 0 aromatic heterocycles. The molecule has 4 atom stereocenters. The van der Waals surface area contributed by atoms with Crippen LogP contribution in [0.25, 0.3) is 0 Å². The Kier molecular flexibility index (Phi) is 2.89. The molecule has 4 nitrogen and oxygen atoms in total. The van der Waals surface area contributed by atoms with Crippen LogP contribution in [0.1, 0.15) is 46.5 Å². The fourth-order valence-electron chi connectivity index (χ4n) is 4.13. The highest BCUT2D eigenvalue weighted by atomic mass is 16.7. The van der Waals surface area contributed by atoms with Crippen molar-refractivity contribution < 1.29 is 14.6 Å². The molecule has 3 rings (SSSR count). The van der Waals surface area contributed by atoms with E-state index in [1.54, 1.807) is 6.92 Å². The predicted octanol–water partition coefficient (Wildman–Crippen LogP) is 2.05. The maximum atomic E-state index is 12.3. The maximum absolute atomic E-state index is 12.3. The second kappa shape index (κ2) is 4.18. The average molecular weight is 277 g/mol. The summed E-state index contributed by atoms with van der Waals surface area (Å²) in [6, 6.07) is 0. The van der Waals surface area contributed by atoms with Crippen LogP contribution in [0.4, 0.5) is 0 Å². The molecule has 4 heteroatoms. The van der Waals surface area contributed by atoms with E-state index < -0.39 is 16.9 Å². The SMILES string of the molecule is CCC1C(=O)NC2(/C=C3\C=CCCC3)C(C)(O)OC12C. The van der Waals surface area contributed by atoms with Crippen LogP contribution in [0, 0.1) is 5.92 Å². The third kappa shape index (κ3) is 1.52. The first-order valence-electron chi connectivity index (χ1n) is 7.49. The number of carbonyl (C=O) groups is 1. The van der Waals surface area contributed by atoms with Gasteiger partial charge in [0.1, 0.15) is 11.1 Å². The number of rotatable bonds is 2. The summed E-state index contributed by atoms with van der Waals surface area (Å²) in [7, 11) is 0. The minimum absolute atomic E-state index is 0.0237. The molecular weight excluding hydrogens is 254 g/mol. The van der Waals surface area contributed by atoms with E-state index in [1.165, 1.54) is 5.57 Å². The highest BCUT2D eigenvalue weighted by Crippen LogP contribution is 2.58. The number of nitrogens with one attached hydrogen (secondary N) is 1. The lowest BCUT2D eigenvalue weighted by atomic mass is 9.64. The summed E-state index contributed by atoms with van der Waals surface area (Å²) in [5.41, 5.74) is -0.307. The van der Waals surface area contributed by atoms with Crippen molar-refractivity contribution in [3.05, 3.63) is 23.8 Å². The Morgan fingerprint density at radius 3 is 2.85 bits per heavy atom. The van der Waals surface area contributed by atoms with Gasteiger partial charge >= 0.3 is 0 Å². The molecule has 2 heterocycles. The van der Waals surface area contributed by atoms with Gasteiger partial charge in [-0.25, -0.2) is 0 Å². The molecule has 1 amide bonds. The summed E-state index contributed by atoms with van der Waals surface area (Å²) in [4.78, 5) is 12.3. The zero-order chi connectivity index (χ0) is 14.6. The van der Waals surface area contributed by atoms with Crippen LogP contribution >= 0.6 is 0 Å². The van der Waals surface area contributed by atoms with Crippen molar-refractivity contribution in [3.63, 3.8) is 0 Å². The normalized spacial score (nSPS) is 48.9. The second-order valence-electron chi connectivity index (χ2n) is 6.46. The van der Waals surface area contributed by atoms with Crippen LogP contribution < -0.4 is 5.32 Å². The Labute approximate surface area is 119 Å². The Bertz CT molecular complexity index is 508. The summed E-state index contributed by atoms with van der Waals surface area (Å²) >= 11 is 0. The molecule has 0 spiro atoms. The summed E-state index contributed by atoms with van der Waals surface area (Å²) < 4.78 is 5.76. The van der Waals surface area contributed by atoms with Crippen molar-refractivity contribution in [3.8, 4) is 0 Å².